The highest BCUT2D eigenvalue weighted by Gasteiger charge is 2.29. The van der Waals surface area contributed by atoms with Gasteiger partial charge in [0.15, 0.2) is 0 Å². The van der Waals surface area contributed by atoms with E-state index in [1.54, 1.807) is 0 Å². The Morgan fingerprint density at radius 1 is 1.16 bits per heavy atom. The van der Waals surface area contributed by atoms with Crippen LogP contribution in [0.3, 0.4) is 0 Å². The van der Waals surface area contributed by atoms with Crippen LogP contribution < -0.4 is 5.32 Å². The molecule has 0 aromatic rings. The summed E-state index contributed by atoms with van der Waals surface area (Å²) in [6.45, 7) is 6.17. The summed E-state index contributed by atoms with van der Waals surface area (Å²) < 4.78 is 0. The second kappa shape index (κ2) is 7.25. The Balaban J connectivity index is 1.89. The first-order chi connectivity index (χ1) is 9.20. The first kappa shape index (κ1) is 14.8. The van der Waals surface area contributed by atoms with Gasteiger partial charge in [0.1, 0.15) is 0 Å². The zero-order chi connectivity index (χ0) is 13.7. The van der Waals surface area contributed by atoms with Gasteiger partial charge in [-0.1, -0.05) is 12.8 Å². The van der Waals surface area contributed by atoms with Crippen molar-refractivity contribution >= 4 is 5.91 Å². The smallest absolute Gasteiger partial charge is 0.239 e. The van der Waals surface area contributed by atoms with E-state index in [1.165, 1.54) is 25.7 Å². The minimum Gasteiger partial charge on any atom is -0.341 e. The molecule has 0 radical (unpaired) electrons. The molecule has 0 aliphatic carbocycles. The third-order valence-corrected chi connectivity index (χ3v) is 4.77. The second-order valence-corrected chi connectivity index (χ2v) is 6.06. The number of piperidine rings is 1. The largest absolute Gasteiger partial charge is 0.341 e. The van der Waals surface area contributed by atoms with Crippen molar-refractivity contribution in [1.29, 1.82) is 0 Å². The first-order valence-electron chi connectivity index (χ1n) is 7.91. The van der Waals surface area contributed by atoms with Gasteiger partial charge >= 0.3 is 0 Å². The van der Waals surface area contributed by atoms with Crippen LogP contribution in [-0.4, -0.2) is 61.0 Å². The molecule has 0 bridgehead atoms. The Labute approximate surface area is 117 Å². The van der Waals surface area contributed by atoms with Gasteiger partial charge in [0.2, 0.25) is 5.91 Å². The van der Waals surface area contributed by atoms with Crippen LogP contribution in [0, 0.1) is 0 Å². The molecular formula is C15H29N3O. The van der Waals surface area contributed by atoms with E-state index in [1.807, 2.05) is 0 Å². The van der Waals surface area contributed by atoms with Gasteiger partial charge < -0.3 is 10.2 Å². The minimum absolute atomic E-state index is 0.0289. The Kier molecular flexibility index (Phi) is 5.64. The zero-order valence-electron chi connectivity index (χ0n) is 12.5. The number of rotatable bonds is 3. The number of nitrogens with zero attached hydrogens (tertiary/aromatic N) is 2. The summed E-state index contributed by atoms with van der Waals surface area (Å²) >= 11 is 0. The molecule has 2 aliphatic rings. The van der Waals surface area contributed by atoms with Crippen LogP contribution in [-0.2, 0) is 4.79 Å². The van der Waals surface area contributed by atoms with E-state index in [9.17, 15) is 4.79 Å². The molecule has 2 rings (SSSR count). The highest BCUT2D eigenvalue weighted by atomic mass is 16.2. The SMILES string of the molecule is CC(C(=O)N1CCCCCC1)N(C)C1CCNCC1. The highest BCUT2D eigenvalue weighted by molar-refractivity contribution is 5.81. The van der Waals surface area contributed by atoms with Crippen molar-refractivity contribution in [3.05, 3.63) is 0 Å². The fourth-order valence-electron chi connectivity index (χ4n) is 3.26. The number of likely N-dealkylation sites (N-methyl/N-ethyl adjacent to an activating group) is 1. The normalized spacial score (nSPS) is 24.3. The van der Waals surface area contributed by atoms with Crippen LogP contribution in [0.5, 0.6) is 0 Å². The number of hydrogen-bond donors (Lipinski definition) is 1. The Morgan fingerprint density at radius 3 is 2.32 bits per heavy atom. The van der Waals surface area contributed by atoms with E-state index in [0.29, 0.717) is 11.9 Å². The lowest BCUT2D eigenvalue weighted by Gasteiger charge is -2.37. The molecule has 4 nitrogen and oxygen atoms in total. The molecule has 1 atom stereocenters. The van der Waals surface area contributed by atoms with E-state index in [4.69, 9.17) is 0 Å². The molecule has 0 spiro atoms. The maximum absolute atomic E-state index is 12.6. The molecule has 19 heavy (non-hydrogen) atoms. The molecule has 2 fully saturated rings. The van der Waals surface area contributed by atoms with E-state index >= 15 is 0 Å². The van der Waals surface area contributed by atoms with Crippen LogP contribution in [0.1, 0.15) is 45.4 Å². The molecule has 2 saturated heterocycles. The van der Waals surface area contributed by atoms with E-state index in [2.05, 4.69) is 29.1 Å². The van der Waals surface area contributed by atoms with Gasteiger partial charge in [0.05, 0.1) is 6.04 Å². The van der Waals surface area contributed by atoms with Gasteiger partial charge in [-0.2, -0.15) is 0 Å². The molecule has 2 aliphatic heterocycles. The van der Waals surface area contributed by atoms with Crippen molar-refractivity contribution in [1.82, 2.24) is 15.1 Å². The molecule has 0 saturated carbocycles. The molecule has 1 amide bonds. The first-order valence-corrected chi connectivity index (χ1v) is 7.91. The summed E-state index contributed by atoms with van der Waals surface area (Å²) in [4.78, 5) is 17.0. The molecule has 1 N–H and O–H groups in total. The quantitative estimate of drug-likeness (QED) is 0.841. The predicted molar refractivity (Wildman–Crippen MR) is 78.2 cm³/mol. The fraction of sp³-hybridized carbons (Fsp3) is 0.933. The maximum Gasteiger partial charge on any atom is 0.239 e. The predicted octanol–water partition coefficient (Wildman–Crippen LogP) is 1.46. The Morgan fingerprint density at radius 2 is 1.74 bits per heavy atom. The Hall–Kier alpha value is -0.610. The lowest BCUT2D eigenvalue weighted by Crippen LogP contribution is -2.51. The van der Waals surface area contributed by atoms with Gasteiger partial charge in [-0.05, 0) is 52.7 Å². The third kappa shape index (κ3) is 3.93. The van der Waals surface area contributed by atoms with Crippen molar-refractivity contribution in [3.8, 4) is 0 Å². The van der Waals surface area contributed by atoms with Crippen LogP contribution in [0.2, 0.25) is 0 Å². The van der Waals surface area contributed by atoms with E-state index in [-0.39, 0.29) is 6.04 Å². The van der Waals surface area contributed by atoms with E-state index in [0.717, 1.165) is 39.0 Å². The second-order valence-electron chi connectivity index (χ2n) is 6.06. The van der Waals surface area contributed by atoms with Crippen molar-refractivity contribution in [2.24, 2.45) is 0 Å². The molecule has 2 heterocycles. The van der Waals surface area contributed by atoms with Gasteiger partial charge in [0, 0.05) is 19.1 Å². The number of hydrogen-bond acceptors (Lipinski definition) is 3. The number of amides is 1. The summed E-state index contributed by atoms with van der Waals surface area (Å²) in [5, 5.41) is 3.39. The summed E-state index contributed by atoms with van der Waals surface area (Å²) in [5.74, 6) is 0.336. The van der Waals surface area contributed by atoms with Crippen LogP contribution in [0.15, 0.2) is 0 Å². The zero-order valence-corrected chi connectivity index (χ0v) is 12.5. The molecule has 110 valence electrons. The molecule has 4 heteroatoms. The van der Waals surface area contributed by atoms with Crippen molar-refractivity contribution in [2.45, 2.75) is 57.5 Å². The summed E-state index contributed by atoms with van der Waals surface area (Å²) in [7, 11) is 2.12. The van der Waals surface area contributed by atoms with Crippen molar-refractivity contribution in [3.63, 3.8) is 0 Å². The summed E-state index contributed by atoms with van der Waals surface area (Å²) in [6, 6.07) is 0.591. The number of carbonyl (C=O) groups excluding carboxylic acids is 1. The highest BCUT2D eigenvalue weighted by Crippen LogP contribution is 2.16. The van der Waals surface area contributed by atoms with Gasteiger partial charge in [-0.25, -0.2) is 0 Å². The average Bonchev–Trinajstić information content (AvgIpc) is 2.75. The number of likely N-dealkylation sites (tertiary alicyclic amines) is 1. The lowest BCUT2D eigenvalue weighted by atomic mass is 10.0. The Bertz CT molecular complexity index is 281. The fourth-order valence-corrected chi connectivity index (χ4v) is 3.26. The van der Waals surface area contributed by atoms with Crippen LogP contribution >= 0.6 is 0 Å². The van der Waals surface area contributed by atoms with Gasteiger partial charge in [-0.3, -0.25) is 9.69 Å². The molecule has 1 unspecified atom stereocenters. The van der Waals surface area contributed by atoms with Crippen LogP contribution in [0.4, 0.5) is 0 Å². The molecule has 0 aromatic heterocycles. The third-order valence-electron chi connectivity index (χ3n) is 4.77. The van der Waals surface area contributed by atoms with Crippen molar-refractivity contribution < 1.29 is 4.79 Å². The van der Waals surface area contributed by atoms with E-state index < -0.39 is 0 Å². The lowest BCUT2D eigenvalue weighted by molar-refractivity contribution is -0.136. The maximum atomic E-state index is 12.6. The van der Waals surface area contributed by atoms with Crippen molar-refractivity contribution in [2.75, 3.05) is 33.2 Å². The topological polar surface area (TPSA) is 35.6 Å². The molecular weight excluding hydrogens is 238 g/mol. The summed E-state index contributed by atoms with van der Waals surface area (Å²) in [5.41, 5.74) is 0. The van der Waals surface area contributed by atoms with Crippen LogP contribution in [0.25, 0.3) is 0 Å². The number of nitrogens with one attached hydrogen (secondary N) is 1. The standard InChI is InChI=1S/C15H29N3O/c1-13(17(2)14-7-9-16-10-8-14)15(19)18-11-5-3-4-6-12-18/h13-14,16H,3-12H2,1-2H3. The molecule has 0 aromatic carbocycles. The monoisotopic (exact) mass is 267 g/mol. The average molecular weight is 267 g/mol. The number of carbonyl (C=O) groups is 1. The van der Waals surface area contributed by atoms with Gasteiger partial charge in [0.25, 0.3) is 0 Å². The minimum atomic E-state index is 0.0289. The summed E-state index contributed by atoms with van der Waals surface area (Å²) in [6.07, 6.45) is 7.23. The van der Waals surface area contributed by atoms with Gasteiger partial charge in [-0.15, -0.1) is 0 Å².